The molecule has 1 aliphatic heterocycles. The lowest BCUT2D eigenvalue weighted by atomic mass is 9.90. The number of hydrogen-bond donors (Lipinski definition) is 1. The van der Waals surface area contributed by atoms with Crippen LogP contribution in [0.2, 0.25) is 0 Å². The molecule has 0 radical (unpaired) electrons. The molecule has 1 aromatic carbocycles. The first-order valence-electron chi connectivity index (χ1n) is 5.25. The van der Waals surface area contributed by atoms with Crippen molar-refractivity contribution in [1.82, 2.24) is 5.32 Å². The van der Waals surface area contributed by atoms with Crippen LogP contribution in [0.1, 0.15) is 31.0 Å². The van der Waals surface area contributed by atoms with Crippen molar-refractivity contribution < 1.29 is 8.78 Å². The Morgan fingerprint density at radius 3 is 2.56 bits per heavy atom. The third-order valence-electron chi connectivity index (χ3n) is 3.11. The van der Waals surface area contributed by atoms with E-state index in [0.29, 0.717) is 16.9 Å². The molecule has 1 nitrogen and oxygen atoms in total. The van der Waals surface area contributed by atoms with Crippen molar-refractivity contribution in [1.29, 1.82) is 0 Å². The van der Waals surface area contributed by atoms with Crippen LogP contribution in [0.5, 0.6) is 0 Å². The summed E-state index contributed by atoms with van der Waals surface area (Å²) in [4.78, 5) is 0. The lowest BCUT2D eigenvalue weighted by molar-refractivity contribution is 0.442. The summed E-state index contributed by atoms with van der Waals surface area (Å²) in [5, 5.41) is 3.09. The van der Waals surface area contributed by atoms with Gasteiger partial charge in [-0.15, -0.1) is 11.8 Å². The van der Waals surface area contributed by atoms with Crippen molar-refractivity contribution in [3.8, 4) is 0 Å². The van der Waals surface area contributed by atoms with Gasteiger partial charge in [-0.1, -0.05) is 0 Å². The van der Waals surface area contributed by atoms with Gasteiger partial charge >= 0.3 is 0 Å². The van der Waals surface area contributed by atoms with Gasteiger partial charge in [0, 0.05) is 27.7 Å². The van der Waals surface area contributed by atoms with Gasteiger partial charge in [0.25, 0.3) is 0 Å². The van der Waals surface area contributed by atoms with Gasteiger partial charge in [0.1, 0.15) is 11.6 Å². The van der Waals surface area contributed by atoms with Crippen LogP contribution in [0.3, 0.4) is 0 Å². The second kappa shape index (κ2) is 4.00. The van der Waals surface area contributed by atoms with E-state index < -0.39 is 0 Å². The minimum atomic E-state index is -0.316. The number of nitrogens with one attached hydrogen (secondary N) is 1. The molecule has 1 unspecified atom stereocenters. The standard InChI is InChI=1S/C12H15F2NS/c1-12(2)11(15-3)10-7(6-16-12)8(13)4-5-9(10)14/h4-5,11,15H,6H2,1-3H3. The van der Waals surface area contributed by atoms with Crippen LogP contribution in [0.25, 0.3) is 0 Å². The van der Waals surface area contributed by atoms with Gasteiger partial charge < -0.3 is 5.32 Å². The quantitative estimate of drug-likeness (QED) is 0.812. The number of fused-ring (bicyclic) bond motifs is 1. The summed E-state index contributed by atoms with van der Waals surface area (Å²) in [6.07, 6.45) is 0. The second-order valence-corrected chi connectivity index (χ2v) is 6.16. The Kier molecular flexibility index (Phi) is 2.97. The molecular formula is C12H15F2NS. The first kappa shape index (κ1) is 11.9. The van der Waals surface area contributed by atoms with Crippen molar-refractivity contribution in [3.63, 3.8) is 0 Å². The lowest BCUT2D eigenvalue weighted by Crippen LogP contribution is -2.39. The van der Waals surface area contributed by atoms with Crippen molar-refractivity contribution >= 4 is 11.8 Å². The molecule has 2 rings (SSSR count). The molecular weight excluding hydrogens is 228 g/mol. The molecule has 1 aliphatic rings. The largest absolute Gasteiger partial charge is 0.312 e. The minimum absolute atomic E-state index is 0.129. The Morgan fingerprint density at radius 2 is 1.94 bits per heavy atom. The number of hydrogen-bond acceptors (Lipinski definition) is 2. The maximum absolute atomic E-state index is 13.8. The van der Waals surface area contributed by atoms with Crippen molar-refractivity contribution in [3.05, 3.63) is 34.9 Å². The molecule has 1 heterocycles. The second-order valence-electron chi connectivity index (χ2n) is 4.54. The average Bonchev–Trinajstić information content (AvgIpc) is 2.22. The number of thioether (sulfide) groups is 1. The zero-order valence-electron chi connectivity index (χ0n) is 9.60. The van der Waals surface area contributed by atoms with Crippen LogP contribution < -0.4 is 5.32 Å². The van der Waals surface area contributed by atoms with Gasteiger partial charge in [0.05, 0.1) is 0 Å². The van der Waals surface area contributed by atoms with Gasteiger partial charge in [-0.3, -0.25) is 0 Å². The highest BCUT2D eigenvalue weighted by Crippen LogP contribution is 2.46. The minimum Gasteiger partial charge on any atom is -0.312 e. The monoisotopic (exact) mass is 243 g/mol. The van der Waals surface area contributed by atoms with Crippen LogP contribution in [0.15, 0.2) is 12.1 Å². The van der Waals surface area contributed by atoms with E-state index >= 15 is 0 Å². The maximum Gasteiger partial charge on any atom is 0.128 e. The Hall–Kier alpha value is -0.610. The predicted octanol–water partition coefficient (Wildman–Crippen LogP) is 3.25. The molecule has 1 aromatic rings. The van der Waals surface area contributed by atoms with Crippen molar-refractivity contribution in [2.45, 2.75) is 30.4 Å². The van der Waals surface area contributed by atoms with Gasteiger partial charge in [-0.25, -0.2) is 8.78 Å². The highest BCUT2D eigenvalue weighted by atomic mass is 32.2. The van der Waals surface area contributed by atoms with Crippen molar-refractivity contribution in [2.75, 3.05) is 7.05 Å². The van der Waals surface area contributed by atoms with Crippen LogP contribution >= 0.6 is 11.8 Å². The molecule has 0 amide bonds. The lowest BCUT2D eigenvalue weighted by Gasteiger charge is -2.39. The highest BCUT2D eigenvalue weighted by molar-refractivity contribution is 8.00. The van der Waals surface area contributed by atoms with Crippen LogP contribution in [-0.2, 0) is 5.75 Å². The summed E-state index contributed by atoms with van der Waals surface area (Å²) in [5.74, 6) is -0.0897. The molecule has 4 heteroatoms. The fourth-order valence-electron chi connectivity index (χ4n) is 2.25. The van der Waals surface area contributed by atoms with E-state index in [9.17, 15) is 8.78 Å². The Bertz CT molecular complexity index is 418. The SMILES string of the molecule is CNC1c2c(F)ccc(F)c2CSC1(C)C. The van der Waals surface area contributed by atoms with E-state index in [2.05, 4.69) is 5.32 Å². The Labute approximate surface area is 98.6 Å². The van der Waals surface area contributed by atoms with Gasteiger partial charge in [-0.05, 0) is 33.0 Å². The Morgan fingerprint density at radius 1 is 1.31 bits per heavy atom. The zero-order chi connectivity index (χ0) is 11.9. The normalized spacial score (nSPS) is 22.9. The molecule has 16 heavy (non-hydrogen) atoms. The van der Waals surface area contributed by atoms with E-state index in [-0.39, 0.29) is 22.4 Å². The third kappa shape index (κ3) is 1.74. The highest BCUT2D eigenvalue weighted by Gasteiger charge is 2.38. The van der Waals surface area contributed by atoms with Crippen LogP contribution in [0.4, 0.5) is 8.78 Å². The first-order valence-corrected chi connectivity index (χ1v) is 6.24. The summed E-state index contributed by atoms with van der Waals surface area (Å²) < 4.78 is 27.3. The first-order chi connectivity index (χ1) is 7.47. The van der Waals surface area contributed by atoms with Gasteiger partial charge in [-0.2, -0.15) is 0 Å². The van der Waals surface area contributed by atoms with E-state index in [0.717, 1.165) is 0 Å². The number of benzene rings is 1. The maximum atomic E-state index is 13.8. The van der Waals surface area contributed by atoms with Crippen LogP contribution in [-0.4, -0.2) is 11.8 Å². The molecule has 0 aliphatic carbocycles. The summed E-state index contributed by atoms with van der Waals surface area (Å²) in [6, 6.07) is 2.27. The molecule has 0 saturated heterocycles. The predicted molar refractivity (Wildman–Crippen MR) is 63.5 cm³/mol. The smallest absolute Gasteiger partial charge is 0.128 e. The van der Waals surface area contributed by atoms with Crippen LogP contribution in [0, 0.1) is 11.6 Å². The topological polar surface area (TPSA) is 12.0 Å². The molecule has 0 fully saturated rings. The van der Waals surface area contributed by atoms with Gasteiger partial charge in [0.15, 0.2) is 0 Å². The number of rotatable bonds is 1. The fourth-order valence-corrected chi connectivity index (χ4v) is 3.46. The molecule has 0 bridgehead atoms. The molecule has 0 saturated carbocycles. The molecule has 0 spiro atoms. The summed E-state index contributed by atoms with van der Waals surface area (Å²) in [6.45, 7) is 4.10. The zero-order valence-corrected chi connectivity index (χ0v) is 10.4. The number of halogens is 2. The van der Waals surface area contributed by atoms with Gasteiger partial charge in [0.2, 0.25) is 0 Å². The Balaban J connectivity index is 2.61. The summed E-state index contributed by atoms with van der Waals surface area (Å²) >= 11 is 1.65. The summed E-state index contributed by atoms with van der Waals surface area (Å²) in [7, 11) is 1.78. The van der Waals surface area contributed by atoms with E-state index in [1.165, 1.54) is 12.1 Å². The average molecular weight is 243 g/mol. The molecule has 0 aromatic heterocycles. The summed E-state index contributed by atoms with van der Waals surface area (Å²) in [5.41, 5.74) is 0.995. The van der Waals surface area contributed by atoms with E-state index in [1.807, 2.05) is 13.8 Å². The molecule has 1 N–H and O–H groups in total. The fraction of sp³-hybridized carbons (Fsp3) is 0.500. The molecule has 1 atom stereocenters. The van der Waals surface area contributed by atoms with E-state index in [4.69, 9.17) is 0 Å². The third-order valence-corrected chi connectivity index (χ3v) is 4.52. The van der Waals surface area contributed by atoms with Crippen molar-refractivity contribution in [2.24, 2.45) is 0 Å². The molecule has 88 valence electrons. The van der Waals surface area contributed by atoms with E-state index in [1.54, 1.807) is 18.8 Å².